The molecule has 9 heteroatoms. The van der Waals surface area contributed by atoms with Gasteiger partial charge in [-0.3, -0.25) is 4.79 Å². The summed E-state index contributed by atoms with van der Waals surface area (Å²) in [5.41, 5.74) is 1.65. The molecule has 0 saturated heterocycles. The average molecular weight is 521 g/mol. The first-order chi connectivity index (χ1) is 18.5. The summed E-state index contributed by atoms with van der Waals surface area (Å²) in [5, 5.41) is 2.89. The van der Waals surface area contributed by atoms with Crippen molar-refractivity contribution >= 4 is 23.5 Å². The van der Waals surface area contributed by atoms with Gasteiger partial charge in [0.25, 0.3) is 0 Å². The molecule has 3 rings (SSSR count). The zero-order valence-electron chi connectivity index (χ0n) is 21.6. The van der Waals surface area contributed by atoms with E-state index in [0.29, 0.717) is 25.4 Å². The number of hydrogen-bond donors (Lipinski definition) is 1. The van der Waals surface area contributed by atoms with E-state index in [1.54, 1.807) is 0 Å². The molecule has 0 aliphatic carbocycles. The van der Waals surface area contributed by atoms with Crippen LogP contribution in [0.15, 0.2) is 66.7 Å². The maximum atomic E-state index is 12.2. The van der Waals surface area contributed by atoms with E-state index in [4.69, 9.17) is 9.47 Å². The van der Waals surface area contributed by atoms with Gasteiger partial charge in [0.1, 0.15) is 11.5 Å². The molecule has 0 aliphatic heterocycles. The number of nitrogens with one attached hydrogen (secondary N) is 1. The smallest absolute Gasteiger partial charge is 0.356 e. The molecule has 0 unspecified atom stereocenters. The van der Waals surface area contributed by atoms with E-state index >= 15 is 0 Å². The van der Waals surface area contributed by atoms with E-state index in [1.807, 2.05) is 54.6 Å². The van der Waals surface area contributed by atoms with Crippen molar-refractivity contribution in [1.82, 2.24) is 4.98 Å². The number of anilines is 1. The van der Waals surface area contributed by atoms with Crippen molar-refractivity contribution in [3.05, 3.63) is 83.7 Å². The van der Waals surface area contributed by atoms with Crippen LogP contribution in [0.3, 0.4) is 0 Å². The van der Waals surface area contributed by atoms with Crippen LogP contribution in [0.2, 0.25) is 0 Å². The number of methoxy groups -OCH3 is 2. The molecule has 2 aromatic carbocycles. The molecule has 3 aromatic rings. The van der Waals surface area contributed by atoms with Crippen LogP contribution >= 0.6 is 0 Å². The van der Waals surface area contributed by atoms with Gasteiger partial charge < -0.3 is 24.3 Å². The number of aromatic nitrogens is 1. The molecule has 200 valence electrons. The summed E-state index contributed by atoms with van der Waals surface area (Å²) in [4.78, 5) is 39.7. The van der Waals surface area contributed by atoms with E-state index in [0.717, 1.165) is 42.7 Å². The number of benzene rings is 2. The van der Waals surface area contributed by atoms with Gasteiger partial charge in [-0.15, -0.1) is 0 Å². The highest BCUT2D eigenvalue weighted by atomic mass is 16.5. The summed E-state index contributed by atoms with van der Waals surface area (Å²) < 4.78 is 20.8. The summed E-state index contributed by atoms with van der Waals surface area (Å²) in [6.45, 7) is 0.999. The summed E-state index contributed by atoms with van der Waals surface area (Å²) >= 11 is 0. The summed E-state index contributed by atoms with van der Waals surface area (Å²) in [7, 11) is 2.48. The average Bonchev–Trinajstić information content (AvgIpc) is 2.94. The molecule has 0 aliphatic rings. The van der Waals surface area contributed by atoms with Crippen LogP contribution in [-0.4, -0.2) is 50.3 Å². The Labute approximate surface area is 222 Å². The molecule has 0 saturated carbocycles. The van der Waals surface area contributed by atoms with Gasteiger partial charge in [-0.25, -0.2) is 14.6 Å². The maximum absolute atomic E-state index is 12.2. The van der Waals surface area contributed by atoms with Gasteiger partial charge in [-0.1, -0.05) is 30.3 Å². The molecule has 0 bridgehead atoms. The van der Waals surface area contributed by atoms with Crippen molar-refractivity contribution < 1.29 is 33.3 Å². The molecule has 1 amide bonds. The minimum Gasteiger partial charge on any atom is -0.494 e. The van der Waals surface area contributed by atoms with Gasteiger partial charge in [-0.2, -0.15) is 0 Å². The third kappa shape index (κ3) is 9.24. The first-order valence-electron chi connectivity index (χ1n) is 12.4. The lowest BCUT2D eigenvalue weighted by molar-refractivity contribution is -0.115. The van der Waals surface area contributed by atoms with Crippen LogP contribution in [0.1, 0.15) is 52.2 Å². The molecule has 0 fully saturated rings. The number of nitrogens with zero attached hydrogens (tertiary/aromatic N) is 1. The number of rotatable bonds is 14. The van der Waals surface area contributed by atoms with E-state index < -0.39 is 11.9 Å². The number of carbonyl (C=O) groups excluding carboxylic acids is 3. The summed E-state index contributed by atoms with van der Waals surface area (Å²) in [6, 6.07) is 19.8. The first kappa shape index (κ1) is 28.2. The fourth-order valence-electron chi connectivity index (χ4n) is 3.57. The Morgan fingerprint density at radius 1 is 0.711 bits per heavy atom. The van der Waals surface area contributed by atoms with Crippen LogP contribution in [0.4, 0.5) is 5.69 Å². The van der Waals surface area contributed by atoms with Crippen LogP contribution in [0.5, 0.6) is 11.5 Å². The Bertz CT molecular complexity index is 1160. The van der Waals surface area contributed by atoms with Crippen LogP contribution < -0.4 is 14.8 Å². The highest BCUT2D eigenvalue weighted by Crippen LogP contribution is 2.18. The van der Waals surface area contributed by atoms with Crippen molar-refractivity contribution in [2.75, 3.05) is 32.8 Å². The second-order valence-corrected chi connectivity index (χ2v) is 8.40. The third-order valence-electron chi connectivity index (χ3n) is 5.51. The number of hydrogen-bond acceptors (Lipinski definition) is 8. The second kappa shape index (κ2) is 15.0. The Morgan fingerprint density at radius 3 is 1.82 bits per heavy atom. The molecule has 1 heterocycles. The Balaban J connectivity index is 1.31. The molecule has 38 heavy (non-hydrogen) atoms. The van der Waals surface area contributed by atoms with Crippen molar-refractivity contribution in [2.45, 2.75) is 32.1 Å². The van der Waals surface area contributed by atoms with Gasteiger partial charge in [-0.05, 0) is 55.5 Å². The van der Waals surface area contributed by atoms with Gasteiger partial charge in [0, 0.05) is 17.8 Å². The molecule has 1 N–H and O–H groups in total. The quantitative estimate of drug-likeness (QED) is 0.237. The number of carbonyl (C=O) groups is 3. The highest BCUT2D eigenvalue weighted by molar-refractivity contribution is 5.93. The minimum atomic E-state index is -0.664. The zero-order valence-corrected chi connectivity index (χ0v) is 21.6. The number of esters is 2. The SMILES string of the molecule is COC(=O)c1cc(OCCCCCCOc2ccc(NC(=O)Cc3ccccc3)cc2)cc(C(=O)OC)n1. The fourth-order valence-corrected chi connectivity index (χ4v) is 3.57. The predicted octanol–water partition coefficient (Wildman–Crippen LogP) is 4.85. The third-order valence-corrected chi connectivity index (χ3v) is 5.51. The summed E-state index contributed by atoms with van der Waals surface area (Å²) in [6.07, 6.45) is 3.88. The monoisotopic (exact) mass is 520 g/mol. The molecule has 0 atom stereocenters. The normalized spacial score (nSPS) is 10.4. The molecular formula is C29H32N2O7. The molecule has 1 aromatic heterocycles. The minimum absolute atomic E-state index is 0.0230. The number of unbranched alkanes of at least 4 members (excludes halogenated alkanes) is 3. The Morgan fingerprint density at radius 2 is 1.26 bits per heavy atom. The van der Waals surface area contributed by atoms with Gasteiger partial charge in [0.2, 0.25) is 5.91 Å². The fraction of sp³-hybridized carbons (Fsp3) is 0.310. The highest BCUT2D eigenvalue weighted by Gasteiger charge is 2.16. The van der Waals surface area contributed by atoms with Crippen molar-refractivity contribution in [1.29, 1.82) is 0 Å². The van der Waals surface area contributed by atoms with E-state index in [1.165, 1.54) is 26.4 Å². The first-order valence-corrected chi connectivity index (χ1v) is 12.4. The largest absolute Gasteiger partial charge is 0.494 e. The number of amides is 1. The second-order valence-electron chi connectivity index (χ2n) is 8.40. The van der Waals surface area contributed by atoms with Crippen molar-refractivity contribution in [2.24, 2.45) is 0 Å². The Hall–Kier alpha value is -4.40. The van der Waals surface area contributed by atoms with Crippen LogP contribution in [-0.2, 0) is 20.7 Å². The van der Waals surface area contributed by atoms with Gasteiger partial charge in [0.15, 0.2) is 11.4 Å². The molecule has 0 radical (unpaired) electrons. The van der Waals surface area contributed by atoms with Crippen molar-refractivity contribution in [3.63, 3.8) is 0 Å². The zero-order chi connectivity index (χ0) is 27.2. The number of ether oxygens (including phenoxy) is 4. The molecule has 0 spiro atoms. The topological polar surface area (TPSA) is 113 Å². The van der Waals surface area contributed by atoms with Crippen molar-refractivity contribution in [3.8, 4) is 11.5 Å². The lowest BCUT2D eigenvalue weighted by atomic mass is 10.1. The van der Waals surface area contributed by atoms with Gasteiger partial charge in [0.05, 0.1) is 33.9 Å². The maximum Gasteiger partial charge on any atom is 0.356 e. The lowest BCUT2D eigenvalue weighted by Gasteiger charge is -2.10. The van der Waals surface area contributed by atoms with Crippen LogP contribution in [0, 0.1) is 0 Å². The van der Waals surface area contributed by atoms with Gasteiger partial charge >= 0.3 is 11.9 Å². The van der Waals surface area contributed by atoms with Crippen LogP contribution in [0.25, 0.3) is 0 Å². The van der Waals surface area contributed by atoms with E-state index in [2.05, 4.69) is 19.8 Å². The Kier molecular flexibility index (Phi) is 11.1. The van der Waals surface area contributed by atoms with E-state index in [9.17, 15) is 14.4 Å². The number of pyridine rings is 1. The standard InChI is InChI=1S/C29H32N2O7/c1-35-28(33)25-19-24(20-26(31-25)29(34)36-2)38-17-9-4-3-8-16-37-23-14-12-22(13-15-23)30-27(32)18-21-10-6-5-7-11-21/h5-7,10-15,19-20H,3-4,8-9,16-18H2,1-2H3,(H,30,32). The summed E-state index contributed by atoms with van der Waals surface area (Å²) in [5.74, 6) is -0.296. The van der Waals surface area contributed by atoms with E-state index in [-0.39, 0.29) is 17.3 Å². The molecule has 9 nitrogen and oxygen atoms in total. The predicted molar refractivity (Wildman–Crippen MR) is 142 cm³/mol. The molecular weight excluding hydrogens is 488 g/mol. The lowest BCUT2D eigenvalue weighted by Crippen LogP contribution is -2.14.